The summed E-state index contributed by atoms with van der Waals surface area (Å²) in [5, 5.41) is 7.34. The molecule has 0 atom stereocenters. The summed E-state index contributed by atoms with van der Waals surface area (Å²) in [5.74, 6) is 0.585. The Morgan fingerprint density at radius 2 is 2.05 bits per heavy atom. The summed E-state index contributed by atoms with van der Waals surface area (Å²) in [6.07, 6.45) is -3.62. The monoisotopic (exact) mass is 296 g/mol. The summed E-state index contributed by atoms with van der Waals surface area (Å²) in [6.45, 7) is 4.35. The van der Waals surface area contributed by atoms with Crippen molar-refractivity contribution in [2.45, 2.75) is 26.7 Å². The van der Waals surface area contributed by atoms with E-state index in [0.29, 0.717) is 29.4 Å². The average molecular weight is 296 g/mol. The Hall–Kier alpha value is -2.51. The molecular weight excluding hydrogens is 282 g/mol. The fourth-order valence-corrected chi connectivity index (χ4v) is 2.12. The van der Waals surface area contributed by atoms with Gasteiger partial charge in [0.1, 0.15) is 0 Å². The summed E-state index contributed by atoms with van der Waals surface area (Å²) in [5.41, 5.74) is 7.73. The number of anilines is 3. The number of alkyl halides is 2. The highest BCUT2D eigenvalue weighted by Gasteiger charge is 2.43. The third-order valence-electron chi connectivity index (χ3n) is 3.14. The van der Waals surface area contributed by atoms with Crippen LogP contribution in [0.25, 0.3) is 0 Å². The van der Waals surface area contributed by atoms with E-state index in [4.69, 9.17) is 5.73 Å². The largest absolute Gasteiger partial charge is 0.586 e. The van der Waals surface area contributed by atoms with Crippen LogP contribution in [0.3, 0.4) is 0 Å². The van der Waals surface area contributed by atoms with E-state index in [1.165, 1.54) is 12.1 Å². The van der Waals surface area contributed by atoms with Crippen molar-refractivity contribution in [1.82, 2.24) is 9.78 Å². The molecule has 21 heavy (non-hydrogen) atoms. The molecule has 0 fully saturated rings. The number of hydrogen-bond donors (Lipinski definition) is 2. The quantitative estimate of drug-likeness (QED) is 0.911. The molecule has 1 aliphatic heterocycles. The molecule has 0 radical (unpaired) electrons. The van der Waals surface area contributed by atoms with E-state index in [9.17, 15) is 8.78 Å². The van der Waals surface area contributed by atoms with Gasteiger partial charge in [0.15, 0.2) is 17.3 Å². The van der Waals surface area contributed by atoms with Crippen molar-refractivity contribution in [1.29, 1.82) is 0 Å². The van der Waals surface area contributed by atoms with Crippen LogP contribution in [0.4, 0.5) is 26.0 Å². The Balaban J connectivity index is 1.91. The van der Waals surface area contributed by atoms with Gasteiger partial charge in [0, 0.05) is 18.3 Å². The molecular formula is C13H14F2N4O2. The van der Waals surface area contributed by atoms with Crippen LogP contribution in [0.5, 0.6) is 11.5 Å². The smallest absolute Gasteiger partial charge is 0.395 e. The van der Waals surface area contributed by atoms with Gasteiger partial charge in [-0.1, -0.05) is 0 Å². The number of halogens is 2. The number of ether oxygens (including phenoxy) is 2. The van der Waals surface area contributed by atoms with Crippen LogP contribution in [-0.4, -0.2) is 16.1 Å². The molecule has 0 aliphatic carbocycles. The predicted molar refractivity (Wildman–Crippen MR) is 73.0 cm³/mol. The van der Waals surface area contributed by atoms with Gasteiger partial charge in [-0.15, -0.1) is 8.78 Å². The van der Waals surface area contributed by atoms with Crippen LogP contribution in [0.15, 0.2) is 18.2 Å². The third kappa shape index (κ3) is 2.32. The minimum absolute atomic E-state index is 0.00120. The average Bonchev–Trinajstić information content (AvgIpc) is 2.87. The third-order valence-corrected chi connectivity index (χ3v) is 3.14. The lowest BCUT2D eigenvalue weighted by molar-refractivity contribution is -0.286. The molecule has 8 heteroatoms. The van der Waals surface area contributed by atoms with Crippen molar-refractivity contribution in [3.05, 3.63) is 23.9 Å². The topological polar surface area (TPSA) is 74.3 Å². The van der Waals surface area contributed by atoms with Gasteiger partial charge in [0.2, 0.25) is 0 Å². The Morgan fingerprint density at radius 1 is 1.33 bits per heavy atom. The highest BCUT2D eigenvalue weighted by atomic mass is 19.3. The number of aromatic nitrogens is 2. The summed E-state index contributed by atoms with van der Waals surface area (Å²) >= 11 is 0. The Labute approximate surface area is 119 Å². The summed E-state index contributed by atoms with van der Waals surface area (Å²) < 4.78 is 36.4. The maximum Gasteiger partial charge on any atom is 0.586 e. The number of aryl methyl sites for hydroxylation is 2. The van der Waals surface area contributed by atoms with Gasteiger partial charge in [-0.25, -0.2) is 4.68 Å². The van der Waals surface area contributed by atoms with E-state index in [2.05, 4.69) is 19.9 Å². The van der Waals surface area contributed by atoms with E-state index in [1.807, 2.05) is 6.92 Å². The molecule has 112 valence electrons. The standard InChI is InChI=1S/C13H14F2N4O2/c1-3-19-12(11(16)7(2)18-19)17-8-4-5-9-10(6-8)21-13(14,15)20-9/h4-6,17H,3,16H2,1-2H3. The molecule has 1 aromatic carbocycles. The second kappa shape index (κ2) is 4.51. The molecule has 3 rings (SSSR count). The van der Waals surface area contributed by atoms with Gasteiger partial charge in [-0.3, -0.25) is 0 Å². The van der Waals surface area contributed by atoms with Gasteiger partial charge in [-0.2, -0.15) is 5.10 Å². The summed E-state index contributed by atoms with van der Waals surface area (Å²) in [7, 11) is 0. The van der Waals surface area contributed by atoms with Gasteiger partial charge in [0.25, 0.3) is 0 Å². The molecule has 0 bridgehead atoms. The van der Waals surface area contributed by atoms with E-state index in [1.54, 1.807) is 17.7 Å². The van der Waals surface area contributed by atoms with Crippen LogP contribution in [0.1, 0.15) is 12.6 Å². The zero-order valence-corrected chi connectivity index (χ0v) is 11.5. The maximum absolute atomic E-state index is 13.0. The molecule has 0 spiro atoms. The number of nitrogens with one attached hydrogen (secondary N) is 1. The Morgan fingerprint density at radius 3 is 2.76 bits per heavy atom. The van der Waals surface area contributed by atoms with Crippen molar-refractivity contribution in [2.24, 2.45) is 0 Å². The first kappa shape index (κ1) is 13.5. The molecule has 1 aromatic heterocycles. The normalized spacial score (nSPS) is 15.2. The molecule has 0 saturated carbocycles. The number of nitrogens with two attached hydrogens (primary N) is 1. The molecule has 2 aromatic rings. The van der Waals surface area contributed by atoms with Crippen LogP contribution >= 0.6 is 0 Å². The molecule has 0 unspecified atom stereocenters. The van der Waals surface area contributed by atoms with Crippen LogP contribution in [0, 0.1) is 6.92 Å². The van der Waals surface area contributed by atoms with Crippen molar-refractivity contribution in [3.8, 4) is 11.5 Å². The van der Waals surface area contributed by atoms with Gasteiger partial charge >= 0.3 is 6.29 Å². The van der Waals surface area contributed by atoms with Gasteiger partial charge < -0.3 is 20.5 Å². The van der Waals surface area contributed by atoms with Crippen molar-refractivity contribution in [2.75, 3.05) is 11.1 Å². The molecule has 6 nitrogen and oxygen atoms in total. The second-order valence-electron chi connectivity index (χ2n) is 4.62. The first-order chi connectivity index (χ1) is 9.89. The Bertz CT molecular complexity index is 700. The number of fused-ring (bicyclic) bond motifs is 1. The SMILES string of the molecule is CCn1nc(C)c(N)c1Nc1ccc2c(c1)OC(F)(F)O2. The van der Waals surface area contributed by atoms with E-state index in [-0.39, 0.29) is 11.5 Å². The number of nitrogen functional groups attached to an aromatic ring is 1. The molecule has 1 aliphatic rings. The number of benzene rings is 1. The van der Waals surface area contributed by atoms with E-state index < -0.39 is 6.29 Å². The molecule has 0 amide bonds. The van der Waals surface area contributed by atoms with E-state index >= 15 is 0 Å². The summed E-state index contributed by atoms with van der Waals surface area (Å²) in [6, 6.07) is 4.44. The molecule has 3 N–H and O–H groups in total. The fourth-order valence-electron chi connectivity index (χ4n) is 2.12. The molecule has 2 heterocycles. The lowest BCUT2D eigenvalue weighted by atomic mass is 10.2. The van der Waals surface area contributed by atoms with Gasteiger partial charge in [-0.05, 0) is 26.0 Å². The zero-order valence-electron chi connectivity index (χ0n) is 11.5. The van der Waals surface area contributed by atoms with Crippen LogP contribution < -0.4 is 20.5 Å². The lowest BCUT2D eigenvalue weighted by Gasteiger charge is -2.09. The van der Waals surface area contributed by atoms with Crippen molar-refractivity contribution < 1.29 is 18.3 Å². The lowest BCUT2D eigenvalue weighted by Crippen LogP contribution is -2.25. The number of nitrogens with zero attached hydrogens (tertiary/aromatic N) is 2. The number of hydrogen-bond acceptors (Lipinski definition) is 5. The molecule has 0 saturated heterocycles. The zero-order chi connectivity index (χ0) is 15.2. The first-order valence-corrected chi connectivity index (χ1v) is 6.39. The summed E-state index contributed by atoms with van der Waals surface area (Å²) in [4.78, 5) is 0. The van der Waals surface area contributed by atoms with Crippen LogP contribution in [0.2, 0.25) is 0 Å². The van der Waals surface area contributed by atoms with Gasteiger partial charge in [0.05, 0.1) is 11.4 Å². The van der Waals surface area contributed by atoms with Crippen molar-refractivity contribution >= 4 is 17.2 Å². The van der Waals surface area contributed by atoms with E-state index in [0.717, 1.165) is 0 Å². The maximum atomic E-state index is 13.0. The minimum atomic E-state index is -3.62. The van der Waals surface area contributed by atoms with Crippen LogP contribution in [-0.2, 0) is 6.54 Å². The second-order valence-corrected chi connectivity index (χ2v) is 4.62. The Kier molecular flexibility index (Phi) is 2.89. The minimum Gasteiger partial charge on any atom is -0.395 e. The van der Waals surface area contributed by atoms with Crippen molar-refractivity contribution in [3.63, 3.8) is 0 Å². The predicted octanol–water partition coefficient (Wildman–Crippen LogP) is 2.86. The highest BCUT2D eigenvalue weighted by molar-refractivity contribution is 5.72. The fraction of sp³-hybridized carbons (Fsp3) is 0.308. The first-order valence-electron chi connectivity index (χ1n) is 6.39. The number of rotatable bonds is 3. The highest BCUT2D eigenvalue weighted by Crippen LogP contribution is 2.42.